The van der Waals surface area contributed by atoms with Gasteiger partial charge in [-0.15, -0.1) is 0 Å². The van der Waals surface area contributed by atoms with Gasteiger partial charge in [-0.2, -0.15) is 26.3 Å². The van der Waals surface area contributed by atoms with Crippen molar-refractivity contribution in [3.63, 3.8) is 0 Å². The fourth-order valence-electron chi connectivity index (χ4n) is 5.20. The monoisotopic (exact) mass is 581 g/mol. The lowest BCUT2D eigenvalue weighted by Gasteiger charge is -2.40. The number of carbonyl (C=O) groups is 2. The van der Waals surface area contributed by atoms with Gasteiger partial charge in [-0.3, -0.25) is 14.6 Å². The molecular weight excluding hydrogens is 555 g/mol. The summed E-state index contributed by atoms with van der Waals surface area (Å²) in [6.45, 7) is 1.39. The van der Waals surface area contributed by atoms with Crippen molar-refractivity contribution in [2.24, 2.45) is 5.92 Å². The van der Waals surface area contributed by atoms with Crippen molar-refractivity contribution >= 4 is 11.8 Å². The van der Waals surface area contributed by atoms with Crippen LogP contribution in [-0.2, 0) is 23.7 Å². The summed E-state index contributed by atoms with van der Waals surface area (Å²) in [5, 5.41) is 0. The number of amides is 2. The zero-order chi connectivity index (χ0) is 30.1. The number of rotatable bonds is 5. The number of hydrogen-bond acceptors (Lipinski definition) is 3. The molecular formula is C29H26F7N3O2. The van der Waals surface area contributed by atoms with E-state index in [0.717, 1.165) is 4.90 Å². The van der Waals surface area contributed by atoms with Crippen molar-refractivity contribution < 1.29 is 40.3 Å². The molecule has 41 heavy (non-hydrogen) atoms. The molecule has 1 saturated heterocycles. The SMILES string of the molecule is Cc1cc(F)ccc1C1CN(C(=O)c2ccccn2)CCC1C(=O)N(C)Cc1cc(C(F)(F)F)cc(C(F)(F)F)c1. The molecule has 3 aromatic rings. The van der Waals surface area contributed by atoms with Gasteiger partial charge in [0.1, 0.15) is 11.5 Å². The number of nitrogens with zero attached hydrogens (tertiary/aromatic N) is 3. The zero-order valence-corrected chi connectivity index (χ0v) is 22.1. The Balaban J connectivity index is 1.63. The van der Waals surface area contributed by atoms with E-state index in [2.05, 4.69) is 4.98 Å². The van der Waals surface area contributed by atoms with Gasteiger partial charge < -0.3 is 9.80 Å². The van der Waals surface area contributed by atoms with Gasteiger partial charge in [-0.1, -0.05) is 12.1 Å². The highest BCUT2D eigenvalue weighted by atomic mass is 19.4. The first-order chi connectivity index (χ1) is 19.1. The van der Waals surface area contributed by atoms with E-state index in [1.165, 1.54) is 36.3 Å². The van der Waals surface area contributed by atoms with Crippen LogP contribution in [0.3, 0.4) is 0 Å². The Hall–Kier alpha value is -3.96. The van der Waals surface area contributed by atoms with Crippen LogP contribution in [-0.4, -0.2) is 46.7 Å². The third kappa shape index (κ3) is 6.86. The molecule has 2 aromatic carbocycles. The number of alkyl halides is 6. The lowest BCUT2D eigenvalue weighted by Crippen LogP contribution is -2.48. The fraction of sp³-hybridized carbons (Fsp3) is 0.345. The number of benzene rings is 2. The minimum absolute atomic E-state index is 0.0347. The molecule has 0 bridgehead atoms. The molecule has 12 heteroatoms. The van der Waals surface area contributed by atoms with Gasteiger partial charge >= 0.3 is 12.4 Å². The minimum Gasteiger partial charge on any atom is -0.341 e. The lowest BCUT2D eigenvalue weighted by molar-refractivity contribution is -0.143. The molecule has 2 amide bonds. The molecule has 1 aliphatic rings. The molecule has 0 aliphatic carbocycles. The molecule has 4 rings (SSSR count). The first kappa shape index (κ1) is 30.0. The molecule has 2 atom stereocenters. The summed E-state index contributed by atoms with van der Waals surface area (Å²) < 4.78 is 93.9. The van der Waals surface area contributed by atoms with Crippen LogP contribution in [0.1, 0.15) is 50.6 Å². The second-order valence-corrected chi connectivity index (χ2v) is 10.1. The molecule has 2 heterocycles. The van der Waals surface area contributed by atoms with Gasteiger partial charge in [0.15, 0.2) is 0 Å². The lowest BCUT2D eigenvalue weighted by atomic mass is 9.78. The Morgan fingerprint density at radius 1 is 0.976 bits per heavy atom. The number of piperidine rings is 1. The van der Waals surface area contributed by atoms with Gasteiger partial charge in [0.05, 0.1) is 11.1 Å². The maximum absolute atomic E-state index is 13.9. The summed E-state index contributed by atoms with van der Waals surface area (Å²) in [5.41, 5.74) is -1.92. The molecule has 0 radical (unpaired) electrons. The third-order valence-electron chi connectivity index (χ3n) is 7.18. The van der Waals surface area contributed by atoms with Crippen LogP contribution in [0.25, 0.3) is 0 Å². The van der Waals surface area contributed by atoms with Gasteiger partial charge in [0.2, 0.25) is 5.91 Å². The predicted molar refractivity (Wildman–Crippen MR) is 135 cm³/mol. The molecule has 218 valence electrons. The van der Waals surface area contributed by atoms with Crippen molar-refractivity contribution in [2.45, 2.75) is 38.2 Å². The number of aromatic nitrogens is 1. The van der Waals surface area contributed by atoms with Crippen molar-refractivity contribution in [1.82, 2.24) is 14.8 Å². The predicted octanol–water partition coefficient (Wildman–Crippen LogP) is 6.47. The number of halogens is 7. The van der Waals surface area contributed by atoms with E-state index in [0.29, 0.717) is 23.3 Å². The Bertz CT molecular complexity index is 1390. The van der Waals surface area contributed by atoms with Crippen LogP contribution in [0.4, 0.5) is 30.7 Å². The summed E-state index contributed by atoms with van der Waals surface area (Å²) in [5.74, 6) is -2.76. The van der Waals surface area contributed by atoms with E-state index >= 15 is 0 Å². The third-order valence-corrected chi connectivity index (χ3v) is 7.18. The summed E-state index contributed by atoms with van der Waals surface area (Å²) in [4.78, 5) is 33.5. The molecule has 2 unspecified atom stereocenters. The number of pyridine rings is 1. The van der Waals surface area contributed by atoms with Gasteiger partial charge in [0, 0.05) is 44.7 Å². The van der Waals surface area contributed by atoms with Crippen LogP contribution in [0.15, 0.2) is 60.8 Å². The highest BCUT2D eigenvalue weighted by molar-refractivity contribution is 5.92. The van der Waals surface area contributed by atoms with Crippen LogP contribution in [0.5, 0.6) is 0 Å². The summed E-state index contributed by atoms with van der Waals surface area (Å²) in [6.07, 6.45) is -8.40. The van der Waals surface area contributed by atoms with E-state index < -0.39 is 53.6 Å². The van der Waals surface area contributed by atoms with Crippen LogP contribution in [0, 0.1) is 18.7 Å². The fourth-order valence-corrected chi connectivity index (χ4v) is 5.20. The van der Waals surface area contributed by atoms with Gasteiger partial charge in [-0.05, 0) is 72.5 Å². The average molecular weight is 582 g/mol. The van der Waals surface area contributed by atoms with E-state index in [1.54, 1.807) is 25.1 Å². The minimum atomic E-state index is -5.02. The molecule has 0 spiro atoms. The van der Waals surface area contributed by atoms with Crippen LogP contribution in [0.2, 0.25) is 0 Å². The average Bonchev–Trinajstić information content (AvgIpc) is 2.91. The van der Waals surface area contributed by atoms with E-state index in [4.69, 9.17) is 0 Å². The molecule has 0 N–H and O–H groups in total. The van der Waals surface area contributed by atoms with E-state index in [1.807, 2.05) is 0 Å². The topological polar surface area (TPSA) is 53.5 Å². The summed E-state index contributed by atoms with van der Waals surface area (Å²) >= 11 is 0. The second kappa shape index (κ2) is 11.5. The number of likely N-dealkylation sites (tertiary alicyclic amines) is 1. The molecule has 5 nitrogen and oxygen atoms in total. The largest absolute Gasteiger partial charge is 0.416 e. The quantitative estimate of drug-likeness (QED) is 0.325. The molecule has 1 fully saturated rings. The van der Waals surface area contributed by atoms with E-state index in [-0.39, 0.29) is 42.7 Å². The number of aryl methyl sites for hydroxylation is 1. The van der Waals surface area contributed by atoms with E-state index in [9.17, 15) is 40.3 Å². The van der Waals surface area contributed by atoms with Gasteiger partial charge in [0.25, 0.3) is 5.91 Å². The van der Waals surface area contributed by atoms with Crippen molar-refractivity contribution in [3.05, 3.63) is 100 Å². The standard InChI is InChI=1S/C29H26F7N3O2/c1-17-11-21(30)6-7-22(17)24-16-39(27(41)25-5-3-4-9-37-25)10-8-23(24)26(40)38(2)15-18-12-19(28(31,32)33)14-20(13-18)29(34,35)36/h3-7,9,11-14,23-24H,8,10,15-16H2,1-2H3. The number of hydrogen-bond donors (Lipinski definition) is 0. The highest BCUT2D eigenvalue weighted by Gasteiger charge is 2.40. The maximum atomic E-state index is 13.9. The Kier molecular flexibility index (Phi) is 8.41. The summed E-state index contributed by atoms with van der Waals surface area (Å²) in [7, 11) is 1.30. The first-order valence-electron chi connectivity index (χ1n) is 12.6. The van der Waals surface area contributed by atoms with Crippen LogP contribution < -0.4 is 0 Å². The van der Waals surface area contributed by atoms with Crippen molar-refractivity contribution in [1.29, 1.82) is 0 Å². The zero-order valence-electron chi connectivity index (χ0n) is 22.1. The second-order valence-electron chi connectivity index (χ2n) is 10.1. The summed E-state index contributed by atoms with van der Waals surface area (Å²) in [6, 6.07) is 10.1. The van der Waals surface area contributed by atoms with Crippen LogP contribution >= 0.6 is 0 Å². The van der Waals surface area contributed by atoms with Crippen molar-refractivity contribution in [3.8, 4) is 0 Å². The van der Waals surface area contributed by atoms with Crippen molar-refractivity contribution in [2.75, 3.05) is 20.1 Å². The highest BCUT2D eigenvalue weighted by Crippen LogP contribution is 2.38. The Morgan fingerprint density at radius 3 is 2.20 bits per heavy atom. The number of carbonyl (C=O) groups excluding carboxylic acids is 2. The maximum Gasteiger partial charge on any atom is 0.416 e. The van der Waals surface area contributed by atoms with Gasteiger partial charge in [-0.25, -0.2) is 4.39 Å². The normalized spacial score (nSPS) is 17.8. The Morgan fingerprint density at radius 2 is 1.63 bits per heavy atom. The smallest absolute Gasteiger partial charge is 0.341 e. The molecule has 0 saturated carbocycles. The Labute approximate surface area is 231 Å². The molecule has 1 aliphatic heterocycles. The molecule has 1 aromatic heterocycles. The first-order valence-corrected chi connectivity index (χ1v) is 12.6.